The Morgan fingerprint density at radius 3 is 2.61 bits per heavy atom. The van der Waals surface area contributed by atoms with Crippen LogP contribution in [0.2, 0.25) is 0 Å². The summed E-state index contributed by atoms with van der Waals surface area (Å²) in [5, 5.41) is 0. The van der Waals surface area contributed by atoms with Gasteiger partial charge in [-0.05, 0) is 19.1 Å². The maximum atomic E-state index is 13.5. The van der Waals surface area contributed by atoms with E-state index in [4.69, 9.17) is 0 Å². The van der Waals surface area contributed by atoms with Crippen LogP contribution in [0.25, 0.3) is 6.08 Å². The van der Waals surface area contributed by atoms with Gasteiger partial charge in [-0.3, -0.25) is 0 Å². The van der Waals surface area contributed by atoms with Gasteiger partial charge in [0.15, 0.2) is 0 Å². The summed E-state index contributed by atoms with van der Waals surface area (Å²) >= 11 is 0. The molecule has 0 saturated carbocycles. The SMILES string of the molecule is CCOC(=O)C=Cc1cccc(C(F)(F)F)c1F. The van der Waals surface area contributed by atoms with Crippen molar-refractivity contribution in [3.05, 3.63) is 41.2 Å². The highest BCUT2D eigenvalue weighted by Crippen LogP contribution is 2.32. The van der Waals surface area contributed by atoms with Crippen LogP contribution in [0.3, 0.4) is 0 Å². The monoisotopic (exact) mass is 262 g/mol. The van der Waals surface area contributed by atoms with Crippen LogP contribution in [0.1, 0.15) is 18.1 Å². The largest absolute Gasteiger partial charge is 0.463 e. The summed E-state index contributed by atoms with van der Waals surface area (Å²) in [6, 6.07) is 2.84. The zero-order valence-corrected chi connectivity index (χ0v) is 9.42. The normalized spacial score (nSPS) is 11.8. The number of esters is 1. The third-order valence-corrected chi connectivity index (χ3v) is 2.02. The van der Waals surface area contributed by atoms with E-state index in [0.717, 1.165) is 24.3 Å². The Kier molecular flexibility index (Phi) is 4.47. The third kappa shape index (κ3) is 3.58. The second-order valence-electron chi connectivity index (χ2n) is 3.29. The van der Waals surface area contributed by atoms with Crippen molar-refractivity contribution in [2.45, 2.75) is 13.1 Å². The Bertz CT molecular complexity index is 464. The molecule has 0 saturated heterocycles. The minimum atomic E-state index is -4.77. The summed E-state index contributed by atoms with van der Waals surface area (Å²) in [5.41, 5.74) is -1.69. The number of hydrogen-bond acceptors (Lipinski definition) is 2. The molecule has 0 spiro atoms. The lowest BCUT2D eigenvalue weighted by Crippen LogP contribution is -2.08. The lowest BCUT2D eigenvalue weighted by Gasteiger charge is -2.09. The molecule has 0 aliphatic heterocycles. The van der Waals surface area contributed by atoms with E-state index in [9.17, 15) is 22.4 Å². The van der Waals surface area contributed by atoms with Crippen LogP contribution in [0.5, 0.6) is 0 Å². The van der Waals surface area contributed by atoms with Crippen LogP contribution in [0.15, 0.2) is 24.3 Å². The molecule has 1 rings (SSSR count). The van der Waals surface area contributed by atoms with Crippen molar-refractivity contribution < 1.29 is 27.1 Å². The molecule has 0 aromatic heterocycles. The number of rotatable bonds is 3. The molecule has 0 N–H and O–H groups in total. The molecule has 18 heavy (non-hydrogen) atoms. The second-order valence-corrected chi connectivity index (χ2v) is 3.29. The van der Waals surface area contributed by atoms with Gasteiger partial charge in [0.2, 0.25) is 0 Å². The van der Waals surface area contributed by atoms with E-state index in [1.807, 2.05) is 0 Å². The number of carbonyl (C=O) groups is 1. The first-order valence-electron chi connectivity index (χ1n) is 5.06. The molecule has 0 aliphatic rings. The quantitative estimate of drug-likeness (QED) is 0.474. The van der Waals surface area contributed by atoms with Gasteiger partial charge >= 0.3 is 12.1 Å². The average molecular weight is 262 g/mol. The standard InChI is InChI=1S/C12H10F4O2/c1-2-18-10(17)7-6-8-4-3-5-9(11(8)13)12(14,15)16/h3-7H,2H2,1H3. The molecule has 0 aliphatic carbocycles. The number of carbonyl (C=O) groups excluding carboxylic acids is 1. The predicted octanol–water partition coefficient (Wildman–Crippen LogP) is 3.42. The van der Waals surface area contributed by atoms with Gasteiger partial charge in [0, 0.05) is 11.6 Å². The van der Waals surface area contributed by atoms with Crippen LogP contribution in [-0.2, 0) is 15.7 Å². The minimum absolute atomic E-state index is 0.133. The van der Waals surface area contributed by atoms with Crippen LogP contribution in [0, 0.1) is 5.82 Å². The molecule has 6 heteroatoms. The first kappa shape index (κ1) is 14.2. The maximum Gasteiger partial charge on any atom is 0.419 e. The Morgan fingerprint density at radius 1 is 1.39 bits per heavy atom. The zero-order chi connectivity index (χ0) is 13.8. The van der Waals surface area contributed by atoms with E-state index in [2.05, 4.69) is 4.74 Å². The molecular formula is C12H10F4O2. The lowest BCUT2D eigenvalue weighted by molar-refractivity contribution is -0.140. The first-order valence-corrected chi connectivity index (χ1v) is 5.06. The minimum Gasteiger partial charge on any atom is -0.463 e. The second kappa shape index (κ2) is 5.66. The van der Waals surface area contributed by atoms with Gasteiger partial charge in [0.25, 0.3) is 0 Å². The maximum absolute atomic E-state index is 13.5. The van der Waals surface area contributed by atoms with Crippen molar-refractivity contribution in [3.8, 4) is 0 Å². The van der Waals surface area contributed by atoms with Crippen molar-refractivity contribution in [1.29, 1.82) is 0 Å². The zero-order valence-electron chi connectivity index (χ0n) is 9.42. The van der Waals surface area contributed by atoms with Crippen molar-refractivity contribution in [2.24, 2.45) is 0 Å². The van der Waals surface area contributed by atoms with E-state index in [-0.39, 0.29) is 12.2 Å². The van der Waals surface area contributed by atoms with Gasteiger partial charge in [-0.25, -0.2) is 9.18 Å². The summed E-state index contributed by atoms with van der Waals surface area (Å²) in [7, 11) is 0. The highest BCUT2D eigenvalue weighted by molar-refractivity contribution is 5.87. The van der Waals surface area contributed by atoms with E-state index >= 15 is 0 Å². The first-order chi connectivity index (χ1) is 8.36. The summed E-state index contributed by atoms with van der Waals surface area (Å²) in [6.07, 6.45) is -2.94. The molecule has 0 radical (unpaired) electrons. The van der Waals surface area contributed by atoms with E-state index in [1.165, 1.54) is 0 Å². The molecule has 0 atom stereocenters. The molecule has 2 nitrogen and oxygen atoms in total. The molecule has 1 aromatic carbocycles. The smallest absolute Gasteiger partial charge is 0.419 e. The molecular weight excluding hydrogens is 252 g/mol. The van der Waals surface area contributed by atoms with Crippen molar-refractivity contribution in [1.82, 2.24) is 0 Å². The van der Waals surface area contributed by atoms with Gasteiger partial charge in [0.05, 0.1) is 12.2 Å². The summed E-state index contributed by atoms with van der Waals surface area (Å²) in [6.45, 7) is 1.71. The van der Waals surface area contributed by atoms with E-state index < -0.39 is 23.5 Å². The van der Waals surface area contributed by atoms with E-state index in [1.54, 1.807) is 6.92 Å². The lowest BCUT2D eigenvalue weighted by atomic mass is 10.1. The molecule has 0 fully saturated rings. The number of ether oxygens (including phenoxy) is 1. The van der Waals surface area contributed by atoms with Crippen molar-refractivity contribution in [3.63, 3.8) is 0 Å². The van der Waals surface area contributed by atoms with Crippen molar-refractivity contribution >= 4 is 12.0 Å². The topological polar surface area (TPSA) is 26.3 Å². The van der Waals surface area contributed by atoms with E-state index in [0.29, 0.717) is 6.07 Å². The summed E-state index contributed by atoms with van der Waals surface area (Å²) in [5.74, 6) is -2.15. The van der Waals surface area contributed by atoms with Gasteiger partial charge in [-0.15, -0.1) is 0 Å². The number of benzene rings is 1. The van der Waals surface area contributed by atoms with Crippen LogP contribution in [-0.4, -0.2) is 12.6 Å². The average Bonchev–Trinajstić information content (AvgIpc) is 2.26. The highest BCUT2D eigenvalue weighted by atomic mass is 19.4. The molecule has 0 bridgehead atoms. The van der Waals surface area contributed by atoms with Crippen molar-refractivity contribution in [2.75, 3.05) is 6.61 Å². The highest BCUT2D eigenvalue weighted by Gasteiger charge is 2.34. The molecule has 0 amide bonds. The van der Waals surface area contributed by atoms with Gasteiger partial charge in [-0.1, -0.05) is 12.1 Å². The van der Waals surface area contributed by atoms with Gasteiger partial charge < -0.3 is 4.74 Å². The van der Waals surface area contributed by atoms with Crippen LogP contribution >= 0.6 is 0 Å². The fourth-order valence-electron chi connectivity index (χ4n) is 1.25. The fourth-order valence-corrected chi connectivity index (χ4v) is 1.25. The Balaban J connectivity index is 3.02. The Morgan fingerprint density at radius 2 is 2.06 bits per heavy atom. The van der Waals surface area contributed by atoms with Crippen LogP contribution < -0.4 is 0 Å². The molecule has 0 unspecified atom stereocenters. The number of halogens is 4. The summed E-state index contributed by atoms with van der Waals surface area (Å²) < 4.78 is 55.2. The molecule has 1 aromatic rings. The molecule has 98 valence electrons. The third-order valence-electron chi connectivity index (χ3n) is 2.02. The molecule has 0 heterocycles. The number of hydrogen-bond donors (Lipinski definition) is 0. The van der Waals surface area contributed by atoms with Crippen LogP contribution in [0.4, 0.5) is 17.6 Å². The Labute approximate surface area is 101 Å². The predicted molar refractivity (Wildman–Crippen MR) is 57.1 cm³/mol. The van der Waals surface area contributed by atoms with Gasteiger partial charge in [0.1, 0.15) is 5.82 Å². The van der Waals surface area contributed by atoms with Gasteiger partial charge in [-0.2, -0.15) is 13.2 Å². The Hall–Kier alpha value is -1.85. The fraction of sp³-hybridized carbons (Fsp3) is 0.250. The summed E-state index contributed by atoms with van der Waals surface area (Å²) in [4.78, 5) is 11.0. The number of alkyl halides is 3.